The van der Waals surface area contributed by atoms with Gasteiger partial charge in [0.2, 0.25) is 0 Å². The van der Waals surface area contributed by atoms with E-state index in [9.17, 15) is 14.7 Å². The molecule has 1 N–H and O–H groups in total. The average Bonchev–Trinajstić information content (AvgIpc) is 2.97. The van der Waals surface area contributed by atoms with Crippen LogP contribution >= 0.6 is 35.3 Å². The summed E-state index contributed by atoms with van der Waals surface area (Å²) in [7, 11) is 0. The molecule has 1 saturated heterocycles. The van der Waals surface area contributed by atoms with Gasteiger partial charge in [0.05, 0.1) is 4.91 Å². The Bertz CT molecular complexity index is 593. The number of carboxylic acid groups (broad SMARTS) is 1. The fourth-order valence-corrected chi connectivity index (χ4v) is 4.09. The highest BCUT2D eigenvalue weighted by molar-refractivity contribution is 8.26. The van der Waals surface area contributed by atoms with Gasteiger partial charge in [-0.2, -0.15) is 0 Å². The first-order valence-electron chi connectivity index (χ1n) is 6.43. The van der Waals surface area contributed by atoms with Crippen LogP contribution in [0.3, 0.4) is 0 Å². The Morgan fingerprint density at radius 3 is 2.76 bits per heavy atom. The van der Waals surface area contributed by atoms with Crippen molar-refractivity contribution in [1.82, 2.24) is 4.90 Å². The van der Waals surface area contributed by atoms with Gasteiger partial charge >= 0.3 is 5.97 Å². The third-order valence-corrected chi connectivity index (χ3v) is 5.08. The Kier molecular flexibility index (Phi) is 5.18. The van der Waals surface area contributed by atoms with Gasteiger partial charge in [-0.1, -0.05) is 43.9 Å². The second-order valence-electron chi connectivity index (χ2n) is 5.05. The minimum atomic E-state index is -1.02. The van der Waals surface area contributed by atoms with Crippen LogP contribution in [0.2, 0.25) is 0 Å². The molecule has 0 saturated carbocycles. The summed E-state index contributed by atoms with van der Waals surface area (Å²) in [4.78, 5) is 26.6. The maximum Gasteiger partial charge on any atom is 0.326 e. The SMILES string of the molecule is CC(C)C[C@H](C(=O)O)N1C(=O)/C(=C/c2cccs2)SC1=S. The third-order valence-electron chi connectivity index (χ3n) is 2.93. The molecule has 112 valence electrons. The molecule has 0 radical (unpaired) electrons. The Morgan fingerprint density at radius 1 is 1.52 bits per heavy atom. The van der Waals surface area contributed by atoms with E-state index in [1.165, 1.54) is 28.0 Å². The Hall–Kier alpha value is -1.18. The number of carboxylic acids is 1. The first kappa shape index (κ1) is 16.2. The van der Waals surface area contributed by atoms with E-state index < -0.39 is 12.0 Å². The number of amides is 1. The highest BCUT2D eigenvalue weighted by Crippen LogP contribution is 2.35. The molecule has 21 heavy (non-hydrogen) atoms. The van der Waals surface area contributed by atoms with Crippen molar-refractivity contribution in [2.24, 2.45) is 5.92 Å². The number of rotatable bonds is 5. The minimum Gasteiger partial charge on any atom is -0.480 e. The van der Waals surface area contributed by atoms with Crippen LogP contribution in [-0.4, -0.2) is 32.2 Å². The Balaban J connectivity index is 2.27. The van der Waals surface area contributed by atoms with Crippen molar-refractivity contribution in [2.75, 3.05) is 0 Å². The van der Waals surface area contributed by atoms with Crippen molar-refractivity contribution in [1.29, 1.82) is 0 Å². The van der Waals surface area contributed by atoms with Gasteiger partial charge in [0.25, 0.3) is 5.91 Å². The molecule has 0 spiro atoms. The molecular weight excluding hydrogens is 326 g/mol. The predicted octanol–water partition coefficient (Wildman–Crippen LogP) is 3.45. The second kappa shape index (κ2) is 6.72. The average molecular weight is 341 g/mol. The number of aliphatic carboxylic acids is 1. The molecule has 0 unspecified atom stereocenters. The van der Waals surface area contributed by atoms with Crippen molar-refractivity contribution in [3.05, 3.63) is 27.3 Å². The van der Waals surface area contributed by atoms with Crippen LogP contribution in [0.4, 0.5) is 0 Å². The molecule has 7 heteroatoms. The van der Waals surface area contributed by atoms with Gasteiger partial charge in [-0.3, -0.25) is 9.69 Å². The van der Waals surface area contributed by atoms with E-state index in [1.54, 1.807) is 6.08 Å². The molecule has 1 aromatic heterocycles. The zero-order valence-electron chi connectivity index (χ0n) is 11.6. The van der Waals surface area contributed by atoms with Crippen LogP contribution in [0.5, 0.6) is 0 Å². The van der Waals surface area contributed by atoms with Crippen molar-refractivity contribution in [3.63, 3.8) is 0 Å². The Labute approximate surface area is 136 Å². The van der Waals surface area contributed by atoms with Gasteiger partial charge in [-0.05, 0) is 29.9 Å². The number of carbonyl (C=O) groups excluding carboxylic acids is 1. The molecule has 0 aliphatic carbocycles. The maximum absolute atomic E-state index is 12.5. The number of carbonyl (C=O) groups is 2. The smallest absolute Gasteiger partial charge is 0.326 e. The predicted molar refractivity (Wildman–Crippen MR) is 90.2 cm³/mol. The van der Waals surface area contributed by atoms with E-state index in [0.29, 0.717) is 15.6 Å². The van der Waals surface area contributed by atoms with Crippen molar-refractivity contribution in [2.45, 2.75) is 26.3 Å². The van der Waals surface area contributed by atoms with Crippen LogP contribution in [0.1, 0.15) is 25.1 Å². The normalized spacial score (nSPS) is 18.8. The molecule has 1 aliphatic rings. The summed E-state index contributed by atoms with van der Waals surface area (Å²) >= 11 is 7.89. The Morgan fingerprint density at radius 2 is 2.24 bits per heavy atom. The number of thiocarbonyl (C=S) groups is 1. The van der Waals surface area contributed by atoms with E-state index in [0.717, 1.165) is 4.88 Å². The fourth-order valence-electron chi connectivity index (χ4n) is 2.01. The van der Waals surface area contributed by atoms with E-state index in [1.807, 2.05) is 31.4 Å². The molecular formula is C14H15NO3S3. The topological polar surface area (TPSA) is 57.6 Å². The highest BCUT2D eigenvalue weighted by atomic mass is 32.2. The number of thioether (sulfide) groups is 1. The van der Waals surface area contributed by atoms with Crippen LogP contribution in [0.25, 0.3) is 6.08 Å². The molecule has 0 aromatic carbocycles. The second-order valence-corrected chi connectivity index (χ2v) is 7.71. The molecule has 1 atom stereocenters. The molecule has 1 fully saturated rings. The van der Waals surface area contributed by atoms with Crippen molar-refractivity contribution < 1.29 is 14.7 Å². The lowest BCUT2D eigenvalue weighted by molar-refractivity contribution is -0.145. The monoisotopic (exact) mass is 341 g/mol. The van der Waals surface area contributed by atoms with Crippen molar-refractivity contribution in [3.8, 4) is 0 Å². The van der Waals surface area contributed by atoms with Crippen LogP contribution < -0.4 is 0 Å². The minimum absolute atomic E-state index is 0.164. The molecule has 1 aliphatic heterocycles. The van der Waals surface area contributed by atoms with E-state index in [4.69, 9.17) is 12.2 Å². The van der Waals surface area contributed by atoms with Crippen LogP contribution in [0.15, 0.2) is 22.4 Å². The molecule has 2 heterocycles. The number of hydrogen-bond donors (Lipinski definition) is 1. The summed E-state index contributed by atoms with van der Waals surface area (Å²) in [6.07, 6.45) is 2.15. The van der Waals surface area contributed by atoms with E-state index >= 15 is 0 Å². The van der Waals surface area contributed by atoms with Gasteiger partial charge in [-0.25, -0.2) is 4.79 Å². The zero-order chi connectivity index (χ0) is 15.6. The van der Waals surface area contributed by atoms with Crippen molar-refractivity contribution >= 4 is 57.6 Å². The maximum atomic E-state index is 12.5. The zero-order valence-corrected chi connectivity index (χ0v) is 14.1. The number of nitrogens with zero attached hydrogens (tertiary/aromatic N) is 1. The molecule has 0 bridgehead atoms. The summed E-state index contributed by atoms with van der Waals surface area (Å²) in [5.41, 5.74) is 0. The lowest BCUT2D eigenvalue weighted by Gasteiger charge is -2.24. The van der Waals surface area contributed by atoms with E-state index in [2.05, 4.69) is 0 Å². The van der Waals surface area contributed by atoms with Gasteiger partial charge in [0.15, 0.2) is 0 Å². The summed E-state index contributed by atoms with van der Waals surface area (Å²) < 4.78 is 0.316. The molecule has 4 nitrogen and oxygen atoms in total. The van der Waals surface area contributed by atoms with Gasteiger partial charge in [0.1, 0.15) is 10.4 Å². The van der Waals surface area contributed by atoms with Crippen LogP contribution in [0, 0.1) is 5.92 Å². The van der Waals surface area contributed by atoms with Gasteiger partial charge in [0, 0.05) is 4.88 Å². The third kappa shape index (κ3) is 3.72. The quantitative estimate of drug-likeness (QED) is 0.657. The first-order chi connectivity index (χ1) is 9.90. The largest absolute Gasteiger partial charge is 0.480 e. The lowest BCUT2D eigenvalue weighted by atomic mass is 10.0. The summed E-state index contributed by atoms with van der Waals surface area (Å²) in [6.45, 7) is 3.85. The fraction of sp³-hybridized carbons (Fsp3) is 0.357. The van der Waals surface area contributed by atoms with Gasteiger partial charge in [-0.15, -0.1) is 11.3 Å². The van der Waals surface area contributed by atoms with E-state index in [-0.39, 0.29) is 11.8 Å². The highest BCUT2D eigenvalue weighted by Gasteiger charge is 2.40. The molecule has 1 aromatic rings. The number of thiophene rings is 1. The first-order valence-corrected chi connectivity index (χ1v) is 8.54. The number of hydrogen-bond acceptors (Lipinski definition) is 5. The van der Waals surface area contributed by atoms with Gasteiger partial charge < -0.3 is 5.11 Å². The molecule has 2 rings (SSSR count). The molecule has 1 amide bonds. The summed E-state index contributed by atoms with van der Waals surface area (Å²) in [6, 6.07) is 2.91. The summed E-state index contributed by atoms with van der Waals surface area (Å²) in [5, 5.41) is 11.3. The lowest BCUT2D eigenvalue weighted by Crippen LogP contribution is -2.44. The standard InChI is InChI=1S/C14H15NO3S3/c1-8(2)6-10(13(17)18)15-12(16)11(21-14(15)19)7-9-4-3-5-20-9/h3-5,7-8,10H,6H2,1-2H3,(H,17,18)/b11-7-/t10-/m1/s1. The summed E-state index contributed by atoms with van der Waals surface area (Å²) in [5.74, 6) is -1.17. The van der Waals surface area contributed by atoms with Crippen LogP contribution in [-0.2, 0) is 9.59 Å².